The smallest absolute Gasteiger partial charge is 0.337 e. The Hall–Kier alpha value is -1.04. The Balaban J connectivity index is 1.44. The Morgan fingerprint density at radius 2 is 1.75 bits per heavy atom. The van der Waals surface area contributed by atoms with Crippen LogP contribution >= 0.6 is 0 Å². The molecule has 2 N–H and O–H groups in total. The number of hydrogen-bond donors (Lipinski definition) is 1. The summed E-state index contributed by atoms with van der Waals surface area (Å²) in [6.07, 6.45) is -3.19. The maximum absolute atomic E-state index is 12.8. The van der Waals surface area contributed by atoms with Gasteiger partial charge in [-0.3, -0.25) is 0 Å². The number of nitrogens with zero attached hydrogens (tertiary/aromatic N) is 2. The van der Waals surface area contributed by atoms with Gasteiger partial charge in [0.2, 0.25) is 0 Å². The molecule has 7 rings (SSSR count). The van der Waals surface area contributed by atoms with Gasteiger partial charge in [0.15, 0.2) is 5.69 Å². The monoisotopic (exact) mass is 281 g/mol. The predicted octanol–water partition coefficient (Wildman–Crippen LogP) is 1.39. The summed E-state index contributed by atoms with van der Waals surface area (Å²) < 4.78 is 40.1. The third-order valence-electron chi connectivity index (χ3n) is 7.75. The molecule has 20 heavy (non-hydrogen) atoms. The first-order valence-corrected chi connectivity index (χ1v) is 7.23. The van der Waals surface area contributed by atoms with E-state index in [0.717, 1.165) is 12.7 Å². The molecule has 0 aromatic carbocycles. The molecule has 106 valence electrons. The van der Waals surface area contributed by atoms with E-state index in [-0.39, 0.29) is 5.41 Å². The van der Waals surface area contributed by atoms with Crippen LogP contribution in [-0.2, 0) is 18.6 Å². The highest BCUT2D eigenvalue weighted by atomic mass is 19.4. The van der Waals surface area contributed by atoms with Crippen molar-refractivity contribution in [2.45, 2.75) is 11.6 Å². The summed E-state index contributed by atoms with van der Waals surface area (Å²) in [7, 11) is 1.71. The molecule has 0 radical (unpaired) electrons. The Morgan fingerprint density at radius 1 is 1.20 bits per heavy atom. The molecule has 0 bridgehead atoms. The van der Waals surface area contributed by atoms with Gasteiger partial charge in [-0.05, 0) is 47.5 Å². The van der Waals surface area contributed by atoms with Crippen LogP contribution in [0.3, 0.4) is 0 Å². The van der Waals surface area contributed by atoms with Crippen molar-refractivity contribution in [3.63, 3.8) is 0 Å². The van der Waals surface area contributed by atoms with E-state index in [1.165, 1.54) is 0 Å². The summed E-state index contributed by atoms with van der Waals surface area (Å²) >= 11 is 0. The van der Waals surface area contributed by atoms with Gasteiger partial charge in [-0.2, -0.15) is 13.2 Å². The lowest BCUT2D eigenvalue weighted by atomic mass is 8.92. The minimum Gasteiger partial charge on any atom is -0.337 e. The molecule has 6 fully saturated rings. The second kappa shape index (κ2) is 2.34. The van der Waals surface area contributed by atoms with E-state index >= 15 is 0 Å². The molecule has 0 aliphatic heterocycles. The zero-order valence-corrected chi connectivity index (χ0v) is 10.9. The molecule has 6 aliphatic carbocycles. The average molecular weight is 281 g/mol. The molecule has 6 heteroatoms. The van der Waals surface area contributed by atoms with Crippen molar-refractivity contribution in [3.8, 4) is 0 Å². The normalized spacial score (nSPS) is 58.9. The molecule has 6 saturated carbocycles. The molecule has 0 atom stereocenters. The Bertz CT molecular complexity index is 635. The predicted molar refractivity (Wildman–Crippen MR) is 62.3 cm³/mol. The van der Waals surface area contributed by atoms with Crippen LogP contribution in [0.2, 0.25) is 0 Å². The first kappa shape index (κ1) is 10.7. The molecule has 1 aromatic heterocycles. The van der Waals surface area contributed by atoms with Gasteiger partial charge in [0, 0.05) is 18.7 Å². The third kappa shape index (κ3) is 0.585. The molecule has 1 heterocycles. The van der Waals surface area contributed by atoms with Gasteiger partial charge in [-0.1, -0.05) is 0 Å². The SMILES string of the molecule is Cn1cc(C(F)(F)F)nc1C12C3C4C1C1C2C3C41CN. The topological polar surface area (TPSA) is 43.8 Å². The van der Waals surface area contributed by atoms with Gasteiger partial charge in [0.1, 0.15) is 5.82 Å². The number of imidazole rings is 1. The van der Waals surface area contributed by atoms with E-state index in [9.17, 15) is 13.2 Å². The molecular weight excluding hydrogens is 267 g/mol. The number of rotatable bonds is 2. The van der Waals surface area contributed by atoms with Crippen LogP contribution in [0.15, 0.2) is 6.20 Å². The van der Waals surface area contributed by atoms with Gasteiger partial charge >= 0.3 is 6.18 Å². The Morgan fingerprint density at radius 3 is 2.15 bits per heavy atom. The number of hydrogen-bond acceptors (Lipinski definition) is 2. The second-order valence-electron chi connectivity index (χ2n) is 7.46. The Labute approximate surface area is 113 Å². The van der Waals surface area contributed by atoms with E-state index in [1.54, 1.807) is 11.6 Å². The largest absolute Gasteiger partial charge is 0.434 e. The molecule has 0 saturated heterocycles. The molecule has 0 unspecified atom stereocenters. The molecular formula is C14H14F3N3. The van der Waals surface area contributed by atoms with Crippen LogP contribution < -0.4 is 5.73 Å². The maximum Gasteiger partial charge on any atom is 0.434 e. The van der Waals surface area contributed by atoms with E-state index in [1.807, 2.05) is 0 Å². The molecule has 0 amide bonds. The van der Waals surface area contributed by atoms with Crippen molar-refractivity contribution in [3.05, 3.63) is 17.7 Å². The van der Waals surface area contributed by atoms with Crippen LogP contribution in [0.25, 0.3) is 0 Å². The van der Waals surface area contributed by atoms with Crippen molar-refractivity contribution in [1.82, 2.24) is 9.55 Å². The van der Waals surface area contributed by atoms with E-state index in [0.29, 0.717) is 46.7 Å². The lowest BCUT2D eigenvalue weighted by Crippen LogP contribution is -3.12. The number of aryl methyl sites for hydroxylation is 1. The van der Waals surface area contributed by atoms with Gasteiger partial charge in [-0.15, -0.1) is 0 Å². The average Bonchev–Trinajstić information content (AvgIpc) is 2.80. The zero-order chi connectivity index (χ0) is 13.8. The highest BCUT2D eigenvalue weighted by molar-refractivity contribution is 5.61. The number of alkyl halides is 3. The molecule has 3 nitrogen and oxygen atoms in total. The molecule has 0 spiro atoms. The van der Waals surface area contributed by atoms with Crippen molar-refractivity contribution in [2.24, 2.45) is 53.7 Å². The lowest BCUT2D eigenvalue weighted by Gasteiger charge is -3.11. The van der Waals surface area contributed by atoms with E-state index in [2.05, 4.69) is 4.98 Å². The van der Waals surface area contributed by atoms with Gasteiger partial charge in [0.25, 0.3) is 0 Å². The van der Waals surface area contributed by atoms with Crippen LogP contribution in [0.5, 0.6) is 0 Å². The molecule has 1 aromatic rings. The first-order valence-electron chi connectivity index (χ1n) is 7.23. The first-order chi connectivity index (χ1) is 9.41. The zero-order valence-electron chi connectivity index (χ0n) is 10.9. The highest BCUT2D eigenvalue weighted by Gasteiger charge is 3.10. The van der Waals surface area contributed by atoms with Gasteiger partial charge < -0.3 is 10.3 Å². The van der Waals surface area contributed by atoms with Gasteiger partial charge in [-0.25, -0.2) is 4.98 Å². The van der Waals surface area contributed by atoms with Crippen LogP contribution in [0, 0.1) is 40.9 Å². The summed E-state index contributed by atoms with van der Waals surface area (Å²) in [4.78, 5) is 3.98. The standard InChI is InChI=1S/C14H14F3N3/c1-20-2-4(14(15,16)17)19-11(20)13-8-5-9(13)7-10(13)6(8)12(5,7)3-18/h2,5-10H,3,18H2,1H3. The number of nitrogens with two attached hydrogens (primary N) is 1. The quantitative estimate of drug-likeness (QED) is 0.890. The van der Waals surface area contributed by atoms with Crippen LogP contribution in [-0.4, -0.2) is 16.1 Å². The number of halogens is 3. The summed E-state index contributed by atoms with van der Waals surface area (Å²) in [5.41, 5.74) is 5.61. The van der Waals surface area contributed by atoms with Crippen molar-refractivity contribution in [2.75, 3.05) is 6.54 Å². The fourth-order valence-corrected chi connectivity index (χ4v) is 7.61. The minimum absolute atomic E-state index is 0.00910. The molecule has 6 aliphatic rings. The fraction of sp³-hybridized carbons (Fsp3) is 0.786. The summed E-state index contributed by atoms with van der Waals surface area (Å²) in [5.74, 6) is 4.59. The van der Waals surface area contributed by atoms with E-state index < -0.39 is 11.9 Å². The second-order valence-corrected chi connectivity index (χ2v) is 7.46. The van der Waals surface area contributed by atoms with Crippen molar-refractivity contribution < 1.29 is 13.2 Å². The summed E-state index contributed by atoms with van der Waals surface area (Å²) in [6.45, 7) is 0.779. The van der Waals surface area contributed by atoms with E-state index in [4.69, 9.17) is 5.73 Å². The Kier molecular flexibility index (Phi) is 1.25. The third-order valence-corrected chi connectivity index (χ3v) is 7.75. The van der Waals surface area contributed by atoms with Crippen molar-refractivity contribution >= 4 is 0 Å². The van der Waals surface area contributed by atoms with Gasteiger partial charge in [0.05, 0.1) is 0 Å². The lowest BCUT2D eigenvalue weighted by molar-refractivity contribution is -0.627. The highest BCUT2D eigenvalue weighted by Crippen LogP contribution is 3.09. The summed E-state index contributed by atoms with van der Waals surface area (Å²) in [6, 6.07) is 0. The number of aromatic nitrogens is 2. The maximum atomic E-state index is 12.8. The van der Waals surface area contributed by atoms with Crippen LogP contribution in [0.1, 0.15) is 11.5 Å². The minimum atomic E-state index is -4.34. The summed E-state index contributed by atoms with van der Waals surface area (Å²) in [5, 5.41) is 0. The fourth-order valence-electron chi connectivity index (χ4n) is 7.61. The van der Waals surface area contributed by atoms with Crippen molar-refractivity contribution in [1.29, 1.82) is 0 Å². The van der Waals surface area contributed by atoms with Crippen LogP contribution in [0.4, 0.5) is 13.2 Å².